The molecule has 0 aromatic heterocycles. The lowest BCUT2D eigenvalue weighted by molar-refractivity contribution is 0.931. The van der Waals surface area contributed by atoms with Gasteiger partial charge in [0.15, 0.2) is 0 Å². The van der Waals surface area contributed by atoms with Crippen molar-refractivity contribution in [2.24, 2.45) is 10.9 Å². The van der Waals surface area contributed by atoms with Crippen molar-refractivity contribution in [1.82, 2.24) is 0 Å². The average molecular weight is 147 g/mol. The smallest absolute Gasteiger partial charge is 0.0648 e. The molecule has 0 amide bonds. The van der Waals surface area contributed by atoms with Crippen LogP contribution in [-0.4, -0.2) is 6.72 Å². The van der Waals surface area contributed by atoms with Gasteiger partial charge in [0.1, 0.15) is 0 Å². The van der Waals surface area contributed by atoms with Gasteiger partial charge in [-0.15, -0.1) is 0 Å². The number of hydrogen-bond acceptors (Lipinski definition) is 1. The third-order valence-corrected chi connectivity index (χ3v) is 1.76. The molecule has 1 atom stereocenters. The maximum atomic E-state index is 3.91. The topological polar surface area (TPSA) is 12.4 Å². The normalized spacial score (nSPS) is 23.6. The first-order valence-corrected chi connectivity index (χ1v) is 3.78. The third-order valence-electron chi connectivity index (χ3n) is 1.76. The Kier molecular flexibility index (Phi) is 2.42. The number of aliphatic imine (C=N–C) groups is 1. The molecule has 0 bridgehead atoms. The SMILES string of the molecule is C=NC1=CC=CC(C)C=C1C. The van der Waals surface area contributed by atoms with Gasteiger partial charge in [-0.2, -0.15) is 0 Å². The Balaban J connectivity index is 2.97. The molecule has 1 unspecified atom stereocenters. The van der Waals surface area contributed by atoms with Gasteiger partial charge in [0, 0.05) is 0 Å². The summed E-state index contributed by atoms with van der Waals surface area (Å²) in [6, 6.07) is 0. The lowest BCUT2D eigenvalue weighted by Crippen LogP contribution is -1.84. The molecule has 1 rings (SSSR count). The summed E-state index contributed by atoms with van der Waals surface area (Å²) in [4.78, 5) is 3.91. The van der Waals surface area contributed by atoms with E-state index in [2.05, 4.69) is 37.7 Å². The minimum atomic E-state index is 0.505. The molecule has 0 aliphatic heterocycles. The van der Waals surface area contributed by atoms with Crippen LogP contribution < -0.4 is 0 Å². The van der Waals surface area contributed by atoms with Gasteiger partial charge >= 0.3 is 0 Å². The first-order valence-electron chi connectivity index (χ1n) is 3.78. The molecule has 0 fully saturated rings. The van der Waals surface area contributed by atoms with E-state index in [9.17, 15) is 0 Å². The van der Waals surface area contributed by atoms with Crippen molar-refractivity contribution in [2.75, 3.05) is 0 Å². The van der Waals surface area contributed by atoms with Crippen molar-refractivity contribution in [2.45, 2.75) is 13.8 Å². The van der Waals surface area contributed by atoms with Gasteiger partial charge in [0.2, 0.25) is 0 Å². The van der Waals surface area contributed by atoms with Crippen molar-refractivity contribution < 1.29 is 0 Å². The first-order chi connectivity index (χ1) is 5.24. The molecule has 0 saturated heterocycles. The molecule has 1 aliphatic carbocycles. The van der Waals surface area contributed by atoms with Crippen molar-refractivity contribution in [3.8, 4) is 0 Å². The third kappa shape index (κ3) is 1.90. The Morgan fingerprint density at radius 3 is 2.91 bits per heavy atom. The predicted octanol–water partition coefficient (Wildman–Crippen LogP) is 2.72. The van der Waals surface area contributed by atoms with E-state index in [1.807, 2.05) is 12.2 Å². The van der Waals surface area contributed by atoms with Gasteiger partial charge in [-0.05, 0) is 31.2 Å². The van der Waals surface area contributed by atoms with E-state index in [0.717, 1.165) is 5.70 Å². The molecule has 0 N–H and O–H groups in total. The number of hydrogen-bond donors (Lipinski definition) is 0. The highest BCUT2D eigenvalue weighted by Crippen LogP contribution is 2.17. The molecule has 0 spiro atoms. The molecule has 11 heavy (non-hydrogen) atoms. The summed E-state index contributed by atoms with van der Waals surface area (Å²) in [7, 11) is 0. The molecule has 58 valence electrons. The van der Waals surface area contributed by atoms with Gasteiger partial charge in [0.05, 0.1) is 5.70 Å². The van der Waals surface area contributed by atoms with Gasteiger partial charge in [-0.1, -0.05) is 25.2 Å². The second kappa shape index (κ2) is 3.33. The second-order valence-corrected chi connectivity index (χ2v) is 2.80. The van der Waals surface area contributed by atoms with Gasteiger partial charge in [-0.3, -0.25) is 4.99 Å². The number of allylic oxidation sites excluding steroid dienone is 5. The lowest BCUT2D eigenvalue weighted by atomic mass is 10.1. The molecular formula is C10H13N. The minimum absolute atomic E-state index is 0.505. The van der Waals surface area contributed by atoms with Crippen LogP contribution in [0.1, 0.15) is 13.8 Å². The summed E-state index contributed by atoms with van der Waals surface area (Å²) >= 11 is 0. The van der Waals surface area contributed by atoms with E-state index in [0.29, 0.717) is 5.92 Å². The number of nitrogens with zero attached hydrogens (tertiary/aromatic N) is 1. The molecule has 0 heterocycles. The van der Waals surface area contributed by atoms with Crippen molar-refractivity contribution in [3.63, 3.8) is 0 Å². The van der Waals surface area contributed by atoms with E-state index in [4.69, 9.17) is 0 Å². The zero-order valence-electron chi connectivity index (χ0n) is 7.04. The number of rotatable bonds is 1. The summed E-state index contributed by atoms with van der Waals surface area (Å²) in [5.41, 5.74) is 2.18. The van der Waals surface area contributed by atoms with Gasteiger partial charge < -0.3 is 0 Å². The monoisotopic (exact) mass is 147 g/mol. The summed E-state index contributed by atoms with van der Waals surface area (Å²) in [5, 5.41) is 0. The van der Waals surface area contributed by atoms with Crippen LogP contribution in [0.4, 0.5) is 0 Å². The van der Waals surface area contributed by atoms with Crippen LogP contribution in [0.3, 0.4) is 0 Å². The first kappa shape index (κ1) is 7.99. The Morgan fingerprint density at radius 1 is 1.55 bits per heavy atom. The van der Waals surface area contributed by atoms with Crippen LogP contribution in [0.25, 0.3) is 0 Å². The Labute approximate surface area is 67.8 Å². The summed E-state index contributed by atoms with van der Waals surface area (Å²) in [6.07, 6.45) is 8.34. The fourth-order valence-electron chi connectivity index (χ4n) is 1.17. The van der Waals surface area contributed by atoms with Crippen LogP contribution in [0.2, 0.25) is 0 Å². The highest BCUT2D eigenvalue weighted by atomic mass is 14.7. The van der Waals surface area contributed by atoms with Crippen LogP contribution in [-0.2, 0) is 0 Å². The van der Waals surface area contributed by atoms with Gasteiger partial charge in [-0.25, -0.2) is 0 Å². The average Bonchev–Trinajstić information content (AvgIpc) is 2.11. The van der Waals surface area contributed by atoms with Crippen molar-refractivity contribution in [1.29, 1.82) is 0 Å². The van der Waals surface area contributed by atoms with E-state index >= 15 is 0 Å². The Bertz CT molecular complexity index is 244. The van der Waals surface area contributed by atoms with Crippen molar-refractivity contribution >= 4 is 6.72 Å². The van der Waals surface area contributed by atoms with Crippen molar-refractivity contribution in [3.05, 3.63) is 35.6 Å². The molecular weight excluding hydrogens is 134 g/mol. The van der Waals surface area contributed by atoms with E-state index in [-0.39, 0.29) is 0 Å². The second-order valence-electron chi connectivity index (χ2n) is 2.80. The van der Waals surface area contributed by atoms with Crippen LogP contribution in [0.5, 0.6) is 0 Å². The van der Waals surface area contributed by atoms with E-state index in [1.54, 1.807) is 0 Å². The minimum Gasteiger partial charge on any atom is -0.264 e. The lowest BCUT2D eigenvalue weighted by Gasteiger charge is -2.00. The summed E-state index contributed by atoms with van der Waals surface area (Å²) in [6.45, 7) is 7.72. The van der Waals surface area contributed by atoms with Crippen LogP contribution >= 0.6 is 0 Å². The zero-order chi connectivity index (χ0) is 8.27. The van der Waals surface area contributed by atoms with Crippen LogP contribution in [0, 0.1) is 5.92 Å². The highest BCUT2D eigenvalue weighted by Gasteiger charge is 2.01. The maximum absolute atomic E-state index is 3.91. The molecule has 0 aromatic rings. The highest BCUT2D eigenvalue weighted by molar-refractivity contribution is 5.41. The maximum Gasteiger partial charge on any atom is 0.0648 e. The predicted molar refractivity (Wildman–Crippen MR) is 49.7 cm³/mol. The molecule has 0 saturated carbocycles. The zero-order valence-corrected chi connectivity index (χ0v) is 7.04. The Morgan fingerprint density at radius 2 is 2.27 bits per heavy atom. The van der Waals surface area contributed by atoms with E-state index < -0.39 is 0 Å². The largest absolute Gasteiger partial charge is 0.264 e. The standard InChI is InChI=1S/C10H13N/c1-8-5-4-6-10(11-3)9(2)7-8/h4-8H,3H2,1-2H3. The fourth-order valence-corrected chi connectivity index (χ4v) is 1.17. The van der Waals surface area contributed by atoms with E-state index in [1.165, 1.54) is 5.57 Å². The molecule has 0 radical (unpaired) electrons. The molecule has 1 nitrogen and oxygen atoms in total. The van der Waals surface area contributed by atoms with Crippen LogP contribution in [0.15, 0.2) is 40.6 Å². The quantitative estimate of drug-likeness (QED) is 0.506. The molecule has 1 heteroatoms. The Hall–Kier alpha value is -1.11. The molecule has 0 aromatic carbocycles. The summed E-state index contributed by atoms with van der Waals surface area (Å²) in [5.74, 6) is 0.505. The van der Waals surface area contributed by atoms with Gasteiger partial charge in [0.25, 0.3) is 0 Å². The summed E-state index contributed by atoms with van der Waals surface area (Å²) < 4.78 is 0. The fraction of sp³-hybridized carbons (Fsp3) is 0.300. The molecule has 1 aliphatic rings.